The van der Waals surface area contributed by atoms with Crippen LogP contribution in [0.5, 0.6) is 0 Å². The van der Waals surface area contributed by atoms with Gasteiger partial charge in [-0.2, -0.15) is 0 Å². The van der Waals surface area contributed by atoms with Crippen LogP contribution < -0.4 is 0 Å². The molecule has 0 atom stereocenters. The van der Waals surface area contributed by atoms with Crippen molar-refractivity contribution in [1.29, 1.82) is 0 Å². The number of Topliss-reactive ketones (excluding diaryl/α,β-unsaturated/α-hetero) is 1. The maximum atomic E-state index is 13.9. The summed E-state index contributed by atoms with van der Waals surface area (Å²) in [6.07, 6.45) is 0.648. The average Bonchev–Trinajstić information content (AvgIpc) is 3.00. The third kappa shape index (κ3) is 5.60. The monoisotopic (exact) mass is 415 g/mol. The number of hydrogen-bond donors (Lipinski definition) is 0. The van der Waals surface area contributed by atoms with Gasteiger partial charge >= 0.3 is 0 Å². The number of carbonyl (C=O) groups is 1. The van der Waals surface area contributed by atoms with Crippen LogP contribution in [0.1, 0.15) is 29.0 Å². The Morgan fingerprint density at radius 1 is 1.07 bits per heavy atom. The van der Waals surface area contributed by atoms with Crippen LogP contribution in [0.4, 0.5) is 4.39 Å². The molecule has 0 aliphatic rings. The standard InChI is InChI=1S/C22H22FNO4S/c1-15-7-9-17(10-8-15)11-12-18(25)13-29(26,27)14-21-16(2)28-22(24-21)19-5-3-4-6-20(19)23/h3-10H,11-14H2,1-2H3. The Kier molecular flexibility index (Phi) is 6.27. The maximum Gasteiger partial charge on any atom is 0.229 e. The number of halogens is 1. The summed E-state index contributed by atoms with van der Waals surface area (Å²) in [4.78, 5) is 16.3. The van der Waals surface area contributed by atoms with Crippen molar-refractivity contribution in [2.75, 3.05) is 5.75 Å². The van der Waals surface area contributed by atoms with E-state index in [0.717, 1.165) is 11.1 Å². The molecule has 0 saturated carbocycles. The Labute approximate surface area is 169 Å². The Hall–Kier alpha value is -2.80. The molecule has 152 valence electrons. The van der Waals surface area contributed by atoms with Crippen LogP contribution in [0, 0.1) is 19.7 Å². The zero-order valence-corrected chi connectivity index (χ0v) is 17.1. The summed E-state index contributed by atoms with van der Waals surface area (Å²) in [6.45, 7) is 3.55. The second kappa shape index (κ2) is 8.69. The number of aromatic nitrogens is 1. The van der Waals surface area contributed by atoms with Crippen molar-refractivity contribution in [2.24, 2.45) is 0 Å². The van der Waals surface area contributed by atoms with Gasteiger partial charge in [-0.3, -0.25) is 4.79 Å². The topological polar surface area (TPSA) is 77.2 Å². The summed E-state index contributed by atoms with van der Waals surface area (Å²) in [5.41, 5.74) is 2.46. The lowest BCUT2D eigenvalue weighted by Gasteiger charge is -2.04. The van der Waals surface area contributed by atoms with Gasteiger partial charge < -0.3 is 4.42 Å². The molecule has 0 bridgehead atoms. The highest BCUT2D eigenvalue weighted by Crippen LogP contribution is 2.25. The molecule has 0 N–H and O–H groups in total. The van der Waals surface area contributed by atoms with Gasteiger partial charge in [0.25, 0.3) is 0 Å². The molecule has 0 unspecified atom stereocenters. The highest BCUT2D eigenvalue weighted by Gasteiger charge is 2.22. The number of ketones is 1. The lowest BCUT2D eigenvalue weighted by Crippen LogP contribution is -2.18. The summed E-state index contributed by atoms with van der Waals surface area (Å²) in [6, 6.07) is 13.7. The molecule has 3 rings (SSSR count). The van der Waals surface area contributed by atoms with Crippen LogP contribution in [0.3, 0.4) is 0 Å². The summed E-state index contributed by atoms with van der Waals surface area (Å²) in [5.74, 6) is -1.52. The molecular formula is C22H22FNO4S. The van der Waals surface area contributed by atoms with Gasteiger partial charge in [-0.15, -0.1) is 0 Å². The van der Waals surface area contributed by atoms with Gasteiger partial charge in [0.05, 0.1) is 17.0 Å². The molecule has 29 heavy (non-hydrogen) atoms. The molecule has 0 fully saturated rings. The second-order valence-electron chi connectivity index (χ2n) is 7.06. The van der Waals surface area contributed by atoms with Crippen molar-refractivity contribution in [3.05, 3.63) is 76.9 Å². The van der Waals surface area contributed by atoms with Crippen molar-refractivity contribution in [3.63, 3.8) is 0 Å². The molecule has 7 heteroatoms. The summed E-state index contributed by atoms with van der Waals surface area (Å²) in [7, 11) is -3.71. The van der Waals surface area contributed by atoms with Gasteiger partial charge in [0, 0.05) is 6.42 Å². The smallest absolute Gasteiger partial charge is 0.229 e. The molecular weight excluding hydrogens is 393 g/mol. The van der Waals surface area contributed by atoms with E-state index in [1.54, 1.807) is 19.1 Å². The van der Waals surface area contributed by atoms with E-state index in [4.69, 9.17) is 4.42 Å². The first-order chi connectivity index (χ1) is 13.7. The first-order valence-corrected chi connectivity index (χ1v) is 11.0. The first-order valence-electron chi connectivity index (χ1n) is 9.22. The van der Waals surface area contributed by atoms with Crippen LogP contribution in [-0.2, 0) is 26.8 Å². The van der Waals surface area contributed by atoms with Crippen LogP contribution in [0.15, 0.2) is 52.9 Å². The molecule has 0 spiro atoms. The molecule has 2 aromatic carbocycles. The number of aryl methyl sites for hydroxylation is 3. The summed E-state index contributed by atoms with van der Waals surface area (Å²) >= 11 is 0. The van der Waals surface area contributed by atoms with E-state index in [1.807, 2.05) is 31.2 Å². The fraction of sp³-hybridized carbons (Fsp3) is 0.273. The third-order valence-corrected chi connectivity index (χ3v) is 6.02. The van der Waals surface area contributed by atoms with Crippen molar-refractivity contribution in [1.82, 2.24) is 4.98 Å². The zero-order valence-electron chi connectivity index (χ0n) is 16.3. The highest BCUT2D eigenvalue weighted by atomic mass is 32.2. The highest BCUT2D eigenvalue weighted by molar-refractivity contribution is 7.91. The predicted octanol–water partition coefficient (Wildman–Crippen LogP) is 4.21. The van der Waals surface area contributed by atoms with E-state index in [9.17, 15) is 17.6 Å². The molecule has 0 radical (unpaired) electrons. The van der Waals surface area contributed by atoms with Crippen molar-refractivity contribution in [3.8, 4) is 11.5 Å². The zero-order chi connectivity index (χ0) is 21.0. The van der Waals surface area contributed by atoms with Crippen molar-refractivity contribution >= 4 is 15.6 Å². The SMILES string of the molecule is Cc1ccc(CCC(=O)CS(=O)(=O)Cc2nc(-c3ccccc3F)oc2C)cc1. The van der Waals surface area contributed by atoms with Crippen LogP contribution >= 0.6 is 0 Å². The average molecular weight is 415 g/mol. The maximum absolute atomic E-state index is 13.9. The predicted molar refractivity (Wildman–Crippen MR) is 109 cm³/mol. The minimum absolute atomic E-state index is 0.0245. The normalized spacial score (nSPS) is 11.6. The van der Waals surface area contributed by atoms with E-state index in [2.05, 4.69) is 4.98 Å². The number of sulfone groups is 1. The quantitative estimate of drug-likeness (QED) is 0.551. The number of oxazole rings is 1. The third-order valence-electron chi connectivity index (χ3n) is 4.55. The number of carbonyl (C=O) groups excluding carboxylic acids is 1. The second-order valence-corrected chi connectivity index (χ2v) is 9.12. The van der Waals surface area contributed by atoms with Crippen LogP contribution in [0.2, 0.25) is 0 Å². The van der Waals surface area contributed by atoms with E-state index < -0.39 is 27.2 Å². The van der Waals surface area contributed by atoms with Crippen molar-refractivity contribution < 1.29 is 22.0 Å². The van der Waals surface area contributed by atoms with E-state index in [0.29, 0.717) is 12.2 Å². The summed E-state index contributed by atoms with van der Waals surface area (Å²) in [5, 5.41) is 0. The molecule has 0 saturated heterocycles. The number of nitrogens with zero attached hydrogens (tertiary/aromatic N) is 1. The Bertz CT molecular complexity index is 1120. The minimum atomic E-state index is -3.71. The van der Waals surface area contributed by atoms with Gasteiger partial charge in [0.15, 0.2) is 9.84 Å². The molecule has 1 aromatic heterocycles. The van der Waals surface area contributed by atoms with Gasteiger partial charge in [-0.1, -0.05) is 42.0 Å². The Morgan fingerprint density at radius 2 is 1.76 bits per heavy atom. The minimum Gasteiger partial charge on any atom is -0.441 e. The summed E-state index contributed by atoms with van der Waals surface area (Å²) < 4.78 is 44.3. The lowest BCUT2D eigenvalue weighted by atomic mass is 10.1. The number of hydrogen-bond acceptors (Lipinski definition) is 5. The number of benzene rings is 2. The van der Waals surface area contributed by atoms with E-state index >= 15 is 0 Å². The van der Waals surface area contributed by atoms with Gasteiger partial charge in [0.1, 0.15) is 23.1 Å². The van der Waals surface area contributed by atoms with E-state index in [1.165, 1.54) is 12.1 Å². The fourth-order valence-electron chi connectivity index (χ4n) is 2.93. The first kappa shape index (κ1) is 20.9. The molecule has 1 heterocycles. The Balaban J connectivity index is 1.64. The molecule has 0 aliphatic heterocycles. The van der Waals surface area contributed by atoms with E-state index in [-0.39, 0.29) is 29.4 Å². The lowest BCUT2D eigenvalue weighted by molar-refractivity contribution is -0.116. The van der Waals surface area contributed by atoms with Gasteiger partial charge in [0.2, 0.25) is 5.89 Å². The largest absolute Gasteiger partial charge is 0.441 e. The van der Waals surface area contributed by atoms with Gasteiger partial charge in [-0.05, 0) is 38.0 Å². The fourth-order valence-corrected chi connectivity index (χ4v) is 4.35. The van der Waals surface area contributed by atoms with Crippen LogP contribution in [-0.4, -0.2) is 24.9 Å². The molecule has 5 nitrogen and oxygen atoms in total. The Morgan fingerprint density at radius 3 is 2.45 bits per heavy atom. The van der Waals surface area contributed by atoms with Gasteiger partial charge in [-0.25, -0.2) is 17.8 Å². The van der Waals surface area contributed by atoms with Crippen molar-refractivity contribution in [2.45, 2.75) is 32.4 Å². The number of rotatable bonds is 8. The molecule has 0 amide bonds. The van der Waals surface area contributed by atoms with Crippen LogP contribution in [0.25, 0.3) is 11.5 Å². The molecule has 3 aromatic rings. The molecule has 0 aliphatic carbocycles.